The van der Waals surface area contributed by atoms with Gasteiger partial charge >= 0.3 is 5.97 Å². The van der Waals surface area contributed by atoms with Gasteiger partial charge in [0.25, 0.3) is 0 Å². The normalized spacial score (nSPS) is 19.4. The van der Waals surface area contributed by atoms with Crippen molar-refractivity contribution in [3.8, 4) is 0 Å². The maximum Gasteiger partial charge on any atom is 0.326 e. The van der Waals surface area contributed by atoms with E-state index < -0.39 is 91.5 Å². The number of aliphatic imine (C=N–C) groups is 1. The number of aliphatic carboxylic acids is 1. The first kappa shape index (κ1) is 41.6. The standard InChI is InChI=1S/C30H52N10O10/c1-16(2)12-19(37-25(45)17-6-3-9-33-17)27(47)36-18(7-4-10-34-30(31)32)26(46)39-21(15-42)28(48)38-20(14-41)24(44)35-13-23(43)40-11-5-8-22(40)29(49)50/h16-22,33,41-42H,3-15H2,1-2H3,(H,35,44)(H,36,47)(H,37,45)(H,38,48)(H,39,46)(H,49,50)(H4,31,32,34)/t17-,18-,19-,20-,21-,22-/m0/s1. The van der Waals surface area contributed by atoms with Crippen molar-refractivity contribution in [3.05, 3.63) is 0 Å². The van der Waals surface area contributed by atoms with Crippen molar-refractivity contribution in [2.45, 2.75) is 95.0 Å². The molecule has 13 N–H and O–H groups in total. The Labute approximate surface area is 289 Å². The first-order chi connectivity index (χ1) is 23.7. The third-order valence-corrected chi connectivity index (χ3v) is 8.20. The summed E-state index contributed by atoms with van der Waals surface area (Å²) in [7, 11) is 0. The predicted octanol–water partition coefficient (Wildman–Crippen LogP) is -5.05. The lowest BCUT2D eigenvalue weighted by atomic mass is 10.0. The Morgan fingerprint density at radius 1 is 0.840 bits per heavy atom. The van der Waals surface area contributed by atoms with E-state index in [1.54, 1.807) is 0 Å². The summed E-state index contributed by atoms with van der Waals surface area (Å²) in [6.07, 6.45) is 2.66. The number of hydrogen-bond acceptors (Lipinski definition) is 11. The van der Waals surface area contributed by atoms with Crippen molar-refractivity contribution in [2.24, 2.45) is 22.4 Å². The van der Waals surface area contributed by atoms with Crippen LogP contribution in [0.25, 0.3) is 0 Å². The zero-order chi connectivity index (χ0) is 37.4. The lowest BCUT2D eigenvalue weighted by molar-refractivity contribution is -0.148. The van der Waals surface area contributed by atoms with E-state index in [1.807, 2.05) is 13.8 Å². The van der Waals surface area contributed by atoms with Crippen LogP contribution in [0.3, 0.4) is 0 Å². The lowest BCUT2D eigenvalue weighted by Crippen LogP contribution is -2.60. The Kier molecular flexibility index (Phi) is 17.3. The molecule has 2 aliphatic rings. The van der Waals surface area contributed by atoms with Crippen LogP contribution in [0.15, 0.2) is 4.99 Å². The minimum atomic E-state index is -1.64. The second-order valence-electron chi connectivity index (χ2n) is 12.6. The van der Waals surface area contributed by atoms with Crippen LogP contribution in [0, 0.1) is 5.92 Å². The van der Waals surface area contributed by atoms with E-state index in [1.165, 1.54) is 0 Å². The molecule has 6 atom stereocenters. The molecule has 282 valence electrons. The first-order valence-electron chi connectivity index (χ1n) is 16.7. The van der Waals surface area contributed by atoms with Crippen LogP contribution >= 0.6 is 0 Å². The zero-order valence-corrected chi connectivity index (χ0v) is 28.5. The second kappa shape index (κ2) is 20.8. The average Bonchev–Trinajstić information content (AvgIpc) is 3.79. The number of guanidine groups is 1. The SMILES string of the molecule is CC(C)C[C@H](NC(=O)[C@@H]1CCCN1)C(=O)N[C@@H](CCCN=C(N)N)C(=O)N[C@@H](CO)C(=O)N[C@@H](CO)C(=O)NCC(=O)N1CCC[C@H]1C(=O)O. The number of nitrogens with zero attached hydrogens (tertiary/aromatic N) is 2. The number of amides is 6. The molecule has 20 nitrogen and oxygen atoms in total. The van der Waals surface area contributed by atoms with E-state index in [4.69, 9.17) is 11.5 Å². The Bertz CT molecular complexity index is 1240. The molecule has 2 rings (SSSR count). The van der Waals surface area contributed by atoms with Crippen molar-refractivity contribution in [1.29, 1.82) is 0 Å². The molecule has 0 aromatic heterocycles. The number of aliphatic hydroxyl groups excluding tert-OH is 2. The van der Waals surface area contributed by atoms with Crippen LogP contribution < -0.4 is 43.4 Å². The zero-order valence-electron chi connectivity index (χ0n) is 28.5. The number of carboxylic acids is 1. The molecule has 2 heterocycles. The average molecular weight is 713 g/mol. The van der Waals surface area contributed by atoms with E-state index in [-0.39, 0.29) is 56.6 Å². The van der Waals surface area contributed by atoms with Gasteiger partial charge in [-0.05, 0) is 57.4 Å². The molecule has 0 saturated carbocycles. The van der Waals surface area contributed by atoms with Gasteiger partial charge in [-0.1, -0.05) is 13.8 Å². The van der Waals surface area contributed by atoms with Gasteiger partial charge in [-0.3, -0.25) is 33.8 Å². The second-order valence-corrected chi connectivity index (χ2v) is 12.6. The number of likely N-dealkylation sites (tertiary alicyclic amines) is 1. The van der Waals surface area contributed by atoms with Crippen LogP contribution in [0.1, 0.15) is 58.8 Å². The molecule has 0 radical (unpaired) electrons. The van der Waals surface area contributed by atoms with Gasteiger partial charge in [0.1, 0.15) is 30.2 Å². The van der Waals surface area contributed by atoms with Crippen molar-refractivity contribution in [1.82, 2.24) is 36.8 Å². The Morgan fingerprint density at radius 3 is 2.00 bits per heavy atom. The van der Waals surface area contributed by atoms with Gasteiger partial charge in [0.05, 0.1) is 25.8 Å². The summed E-state index contributed by atoms with van der Waals surface area (Å²) >= 11 is 0. The van der Waals surface area contributed by atoms with Crippen LogP contribution in [-0.4, -0.2) is 143 Å². The van der Waals surface area contributed by atoms with Crippen LogP contribution in [0.4, 0.5) is 0 Å². The number of nitrogens with one attached hydrogen (secondary N) is 6. The monoisotopic (exact) mass is 712 g/mol. The molecule has 0 aromatic rings. The summed E-state index contributed by atoms with van der Waals surface area (Å²) in [6.45, 7) is 2.27. The summed E-state index contributed by atoms with van der Waals surface area (Å²) in [5.41, 5.74) is 10.8. The highest BCUT2D eigenvalue weighted by atomic mass is 16.4. The van der Waals surface area contributed by atoms with E-state index in [0.29, 0.717) is 19.4 Å². The van der Waals surface area contributed by atoms with Crippen LogP contribution in [0.5, 0.6) is 0 Å². The van der Waals surface area contributed by atoms with E-state index >= 15 is 0 Å². The smallest absolute Gasteiger partial charge is 0.326 e. The summed E-state index contributed by atoms with van der Waals surface area (Å²) in [6, 6.07) is -6.94. The van der Waals surface area contributed by atoms with Gasteiger partial charge in [-0.15, -0.1) is 0 Å². The third kappa shape index (κ3) is 13.4. The largest absolute Gasteiger partial charge is 0.480 e. The van der Waals surface area contributed by atoms with Gasteiger partial charge < -0.3 is 63.6 Å². The molecular weight excluding hydrogens is 660 g/mol. The molecule has 2 aliphatic heterocycles. The summed E-state index contributed by atoms with van der Waals surface area (Å²) in [4.78, 5) is 94.2. The molecule has 0 spiro atoms. The molecule has 0 unspecified atom stereocenters. The topological polar surface area (TPSA) is 320 Å². The van der Waals surface area contributed by atoms with Crippen molar-refractivity contribution >= 4 is 47.4 Å². The number of hydrogen-bond donors (Lipinski definition) is 11. The third-order valence-electron chi connectivity index (χ3n) is 8.20. The van der Waals surface area contributed by atoms with Crippen molar-refractivity contribution < 1.29 is 48.9 Å². The molecule has 50 heavy (non-hydrogen) atoms. The van der Waals surface area contributed by atoms with Crippen LogP contribution in [0.2, 0.25) is 0 Å². The maximum atomic E-state index is 13.4. The quantitative estimate of drug-likeness (QED) is 0.0320. The molecule has 20 heteroatoms. The molecule has 0 bridgehead atoms. The van der Waals surface area contributed by atoms with Gasteiger partial charge in [-0.25, -0.2) is 4.79 Å². The highest BCUT2D eigenvalue weighted by Crippen LogP contribution is 2.17. The molecule has 0 aromatic carbocycles. The molecular formula is C30H52N10O10. The van der Waals surface area contributed by atoms with E-state index in [2.05, 4.69) is 36.9 Å². The number of carboxylic acid groups (broad SMARTS) is 1. The van der Waals surface area contributed by atoms with Crippen molar-refractivity contribution in [2.75, 3.05) is 39.4 Å². The number of nitrogens with two attached hydrogens (primary N) is 2. The molecule has 6 amide bonds. The van der Waals surface area contributed by atoms with Gasteiger partial charge in [0.15, 0.2) is 5.96 Å². The van der Waals surface area contributed by atoms with E-state index in [9.17, 15) is 48.9 Å². The number of carbonyl (C=O) groups excluding carboxylic acids is 6. The van der Waals surface area contributed by atoms with Gasteiger partial charge in [0, 0.05) is 13.1 Å². The fourth-order valence-electron chi connectivity index (χ4n) is 5.57. The summed E-state index contributed by atoms with van der Waals surface area (Å²) in [5, 5.41) is 44.2. The van der Waals surface area contributed by atoms with Crippen molar-refractivity contribution in [3.63, 3.8) is 0 Å². The summed E-state index contributed by atoms with van der Waals surface area (Å²) < 4.78 is 0. The van der Waals surface area contributed by atoms with Crippen LogP contribution in [-0.2, 0) is 33.6 Å². The Balaban J connectivity index is 2.08. The molecule has 0 aliphatic carbocycles. The number of aliphatic hydroxyl groups is 2. The van der Waals surface area contributed by atoms with Gasteiger partial charge in [0.2, 0.25) is 35.4 Å². The fraction of sp³-hybridized carbons (Fsp3) is 0.733. The lowest BCUT2D eigenvalue weighted by Gasteiger charge is -2.26. The first-order valence-corrected chi connectivity index (χ1v) is 16.7. The highest BCUT2D eigenvalue weighted by Gasteiger charge is 2.35. The number of carbonyl (C=O) groups is 7. The van der Waals surface area contributed by atoms with E-state index in [0.717, 1.165) is 11.3 Å². The maximum absolute atomic E-state index is 13.4. The molecule has 2 fully saturated rings. The number of rotatable bonds is 20. The molecule has 2 saturated heterocycles. The van der Waals surface area contributed by atoms with Gasteiger partial charge in [-0.2, -0.15) is 0 Å². The minimum Gasteiger partial charge on any atom is -0.480 e. The minimum absolute atomic E-state index is 0.00383. The fourth-order valence-corrected chi connectivity index (χ4v) is 5.57. The highest BCUT2D eigenvalue weighted by molar-refractivity contribution is 5.96. The summed E-state index contributed by atoms with van der Waals surface area (Å²) in [5.74, 6) is -5.92. The Morgan fingerprint density at radius 2 is 1.44 bits per heavy atom. The predicted molar refractivity (Wildman–Crippen MR) is 178 cm³/mol. The Hall–Kier alpha value is -4.56.